The third kappa shape index (κ3) is 3.92. The monoisotopic (exact) mass is 269 g/mol. The van der Waals surface area contributed by atoms with Crippen LogP contribution in [0.15, 0.2) is 48.8 Å². The van der Waals surface area contributed by atoms with Gasteiger partial charge in [-0.3, -0.25) is 9.78 Å². The number of nitrogens with zero attached hydrogens (tertiary/aromatic N) is 1. The summed E-state index contributed by atoms with van der Waals surface area (Å²) in [4.78, 5) is 15.0. The van der Waals surface area contributed by atoms with Crippen LogP contribution < -0.4 is 0 Å². The average Bonchev–Trinajstić information content (AvgIpc) is 2.46. The van der Waals surface area contributed by atoms with Crippen LogP contribution in [0.25, 0.3) is 0 Å². The highest BCUT2D eigenvalue weighted by Gasteiger charge is 2.13. The number of aliphatic carboxylic acids is 1. The minimum Gasteiger partial charge on any atom is -0.481 e. The van der Waals surface area contributed by atoms with Gasteiger partial charge in [-0.05, 0) is 41.5 Å². The SMILES string of the molecule is CCC(CC(=O)O)c1cccc(Cc2cccnc2)c1. The van der Waals surface area contributed by atoms with Crippen molar-refractivity contribution in [1.29, 1.82) is 0 Å². The molecule has 1 aromatic heterocycles. The number of hydrogen-bond donors (Lipinski definition) is 1. The number of carboxylic acids is 1. The standard InChI is InChI=1S/C17H19NO2/c1-2-15(11-17(19)20)16-7-3-5-13(10-16)9-14-6-4-8-18-12-14/h3-8,10,12,15H,2,9,11H2,1H3,(H,19,20). The van der Waals surface area contributed by atoms with E-state index in [4.69, 9.17) is 5.11 Å². The molecule has 3 heteroatoms. The zero-order valence-corrected chi connectivity index (χ0v) is 11.6. The third-order valence-electron chi connectivity index (χ3n) is 3.47. The van der Waals surface area contributed by atoms with Crippen LogP contribution in [-0.4, -0.2) is 16.1 Å². The molecule has 0 aliphatic carbocycles. The van der Waals surface area contributed by atoms with E-state index in [1.807, 2.05) is 37.4 Å². The lowest BCUT2D eigenvalue weighted by molar-refractivity contribution is -0.137. The minimum atomic E-state index is -0.741. The largest absolute Gasteiger partial charge is 0.481 e. The van der Waals surface area contributed by atoms with E-state index in [2.05, 4.69) is 17.1 Å². The van der Waals surface area contributed by atoms with Gasteiger partial charge in [-0.2, -0.15) is 0 Å². The molecule has 1 N–H and O–H groups in total. The molecule has 2 rings (SSSR count). The van der Waals surface area contributed by atoms with E-state index in [9.17, 15) is 4.79 Å². The maximum absolute atomic E-state index is 10.9. The number of rotatable bonds is 6. The van der Waals surface area contributed by atoms with Gasteiger partial charge in [-0.25, -0.2) is 0 Å². The lowest BCUT2D eigenvalue weighted by Gasteiger charge is -2.14. The Balaban J connectivity index is 2.16. The molecular weight excluding hydrogens is 250 g/mol. The first-order chi connectivity index (χ1) is 9.69. The van der Waals surface area contributed by atoms with E-state index in [1.54, 1.807) is 6.20 Å². The summed E-state index contributed by atoms with van der Waals surface area (Å²) in [5.74, 6) is -0.657. The van der Waals surface area contributed by atoms with Gasteiger partial charge in [0.15, 0.2) is 0 Å². The Bertz CT molecular complexity index is 566. The smallest absolute Gasteiger partial charge is 0.303 e. The third-order valence-corrected chi connectivity index (χ3v) is 3.47. The molecule has 0 amide bonds. The van der Waals surface area contributed by atoms with E-state index in [-0.39, 0.29) is 12.3 Å². The number of pyridine rings is 1. The van der Waals surface area contributed by atoms with Gasteiger partial charge in [0.2, 0.25) is 0 Å². The van der Waals surface area contributed by atoms with E-state index >= 15 is 0 Å². The van der Waals surface area contributed by atoms with Crippen LogP contribution in [0.2, 0.25) is 0 Å². The predicted octanol–water partition coefficient (Wildman–Crippen LogP) is 3.64. The number of carboxylic acid groups (broad SMARTS) is 1. The molecule has 20 heavy (non-hydrogen) atoms. The van der Waals surface area contributed by atoms with E-state index in [1.165, 1.54) is 5.56 Å². The van der Waals surface area contributed by atoms with Crippen molar-refractivity contribution in [1.82, 2.24) is 4.98 Å². The second kappa shape index (κ2) is 6.85. The van der Waals surface area contributed by atoms with Crippen molar-refractivity contribution in [3.63, 3.8) is 0 Å². The van der Waals surface area contributed by atoms with Gasteiger partial charge in [-0.15, -0.1) is 0 Å². The molecule has 0 radical (unpaired) electrons. The van der Waals surface area contributed by atoms with Gasteiger partial charge >= 0.3 is 5.97 Å². The fourth-order valence-corrected chi connectivity index (χ4v) is 2.40. The lowest BCUT2D eigenvalue weighted by atomic mass is 9.91. The van der Waals surface area contributed by atoms with Crippen molar-refractivity contribution in [2.45, 2.75) is 32.1 Å². The van der Waals surface area contributed by atoms with Crippen molar-refractivity contribution >= 4 is 5.97 Å². The molecule has 0 aliphatic heterocycles. The zero-order chi connectivity index (χ0) is 14.4. The maximum Gasteiger partial charge on any atom is 0.303 e. The summed E-state index contributed by atoms with van der Waals surface area (Å²) in [6, 6.07) is 12.2. The molecule has 0 spiro atoms. The first kappa shape index (κ1) is 14.3. The summed E-state index contributed by atoms with van der Waals surface area (Å²) in [6.45, 7) is 2.03. The Kier molecular flexibility index (Phi) is 4.88. The molecule has 0 saturated heterocycles. The van der Waals surface area contributed by atoms with Gasteiger partial charge in [-0.1, -0.05) is 37.3 Å². The van der Waals surface area contributed by atoms with Crippen molar-refractivity contribution in [3.05, 3.63) is 65.5 Å². The van der Waals surface area contributed by atoms with Gasteiger partial charge in [0.25, 0.3) is 0 Å². The molecule has 1 heterocycles. The van der Waals surface area contributed by atoms with Crippen molar-refractivity contribution in [3.8, 4) is 0 Å². The molecule has 0 aliphatic rings. The van der Waals surface area contributed by atoms with Crippen molar-refractivity contribution in [2.75, 3.05) is 0 Å². The van der Waals surface area contributed by atoms with Gasteiger partial charge in [0, 0.05) is 12.4 Å². The van der Waals surface area contributed by atoms with Crippen LogP contribution in [-0.2, 0) is 11.2 Å². The first-order valence-electron chi connectivity index (χ1n) is 6.88. The predicted molar refractivity (Wildman–Crippen MR) is 78.8 cm³/mol. The van der Waals surface area contributed by atoms with E-state index < -0.39 is 5.97 Å². The second-order valence-electron chi connectivity index (χ2n) is 4.99. The lowest BCUT2D eigenvalue weighted by Crippen LogP contribution is -2.06. The molecule has 1 aromatic carbocycles. The Hall–Kier alpha value is -2.16. The molecule has 0 saturated carbocycles. The number of carbonyl (C=O) groups is 1. The molecule has 0 bridgehead atoms. The maximum atomic E-state index is 10.9. The Morgan fingerprint density at radius 3 is 2.70 bits per heavy atom. The summed E-state index contributed by atoms with van der Waals surface area (Å²) in [5, 5.41) is 8.97. The first-order valence-corrected chi connectivity index (χ1v) is 6.88. The molecule has 3 nitrogen and oxygen atoms in total. The Morgan fingerprint density at radius 1 is 1.25 bits per heavy atom. The van der Waals surface area contributed by atoms with Gasteiger partial charge in [0.1, 0.15) is 0 Å². The summed E-state index contributed by atoms with van der Waals surface area (Å²) in [5.41, 5.74) is 3.46. The van der Waals surface area contributed by atoms with Crippen LogP contribution in [0, 0.1) is 0 Å². The number of benzene rings is 1. The molecule has 1 atom stereocenters. The number of hydrogen-bond acceptors (Lipinski definition) is 2. The Morgan fingerprint density at radius 2 is 2.05 bits per heavy atom. The van der Waals surface area contributed by atoms with Crippen molar-refractivity contribution < 1.29 is 9.90 Å². The van der Waals surface area contributed by atoms with Gasteiger partial charge < -0.3 is 5.11 Å². The highest BCUT2D eigenvalue weighted by atomic mass is 16.4. The average molecular weight is 269 g/mol. The zero-order valence-electron chi connectivity index (χ0n) is 11.6. The normalized spacial score (nSPS) is 12.1. The van der Waals surface area contributed by atoms with Crippen LogP contribution >= 0.6 is 0 Å². The molecule has 104 valence electrons. The highest BCUT2D eigenvalue weighted by Crippen LogP contribution is 2.24. The Labute approximate surface area is 119 Å². The fourth-order valence-electron chi connectivity index (χ4n) is 2.40. The van der Waals surface area contributed by atoms with Crippen LogP contribution in [0.5, 0.6) is 0 Å². The molecule has 2 aromatic rings. The van der Waals surface area contributed by atoms with Gasteiger partial charge in [0.05, 0.1) is 6.42 Å². The van der Waals surface area contributed by atoms with E-state index in [0.29, 0.717) is 0 Å². The highest BCUT2D eigenvalue weighted by molar-refractivity contribution is 5.68. The topological polar surface area (TPSA) is 50.2 Å². The summed E-state index contributed by atoms with van der Waals surface area (Å²) in [6.07, 6.45) is 5.47. The van der Waals surface area contributed by atoms with E-state index in [0.717, 1.165) is 24.0 Å². The fraction of sp³-hybridized carbons (Fsp3) is 0.294. The van der Waals surface area contributed by atoms with Crippen LogP contribution in [0.3, 0.4) is 0 Å². The second-order valence-corrected chi connectivity index (χ2v) is 4.99. The summed E-state index contributed by atoms with van der Waals surface area (Å²) < 4.78 is 0. The van der Waals surface area contributed by atoms with Crippen molar-refractivity contribution in [2.24, 2.45) is 0 Å². The molecule has 1 unspecified atom stereocenters. The van der Waals surface area contributed by atoms with Crippen LogP contribution in [0.1, 0.15) is 42.4 Å². The quantitative estimate of drug-likeness (QED) is 0.871. The van der Waals surface area contributed by atoms with Crippen LogP contribution in [0.4, 0.5) is 0 Å². The number of aromatic nitrogens is 1. The molecule has 0 fully saturated rings. The minimum absolute atomic E-state index is 0.0846. The molecular formula is C17H19NO2. The summed E-state index contributed by atoms with van der Waals surface area (Å²) >= 11 is 0. The summed E-state index contributed by atoms with van der Waals surface area (Å²) in [7, 11) is 0.